The first-order chi connectivity index (χ1) is 13.5. The van der Waals surface area contributed by atoms with Crippen LogP contribution in [0.3, 0.4) is 0 Å². The molecule has 1 aliphatic carbocycles. The number of carbonyl (C=O) groups excluding carboxylic acids is 2. The van der Waals surface area contributed by atoms with Crippen molar-refractivity contribution in [2.45, 2.75) is 45.6 Å². The number of aryl methyl sites for hydroxylation is 1. The van der Waals surface area contributed by atoms with Gasteiger partial charge in [0.1, 0.15) is 6.04 Å². The third-order valence-corrected chi connectivity index (χ3v) is 5.24. The molecule has 0 saturated heterocycles. The molecular formula is C23H29N3O2. The smallest absolute Gasteiger partial charge is 0.251 e. The second-order valence-corrected chi connectivity index (χ2v) is 7.66. The lowest BCUT2D eigenvalue weighted by molar-refractivity contribution is -0.117. The van der Waals surface area contributed by atoms with E-state index in [1.165, 1.54) is 25.7 Å². The third kappa shape index (κ3) is 5.59. The van der Waals surface area contributed by atoms with Gasteiger partial charge in [0.05, 0.1) is 0 Å². The number of benzene rings is 2. The Morgan fingerprint density at radius 3 is 2.39 bits per heavy atom. The van der Waals surface area contributed by atoms with Crippen LogP contribution in [-0.2, 0) is 4.79 Å². The lowest BCUT2D eigenvalue weighted by atomic mass is 10.1. The van der Waals surface area contributed by atoms with Crippen molar-refractivity contribution < 1.29 is 9.59 Å². The molecule has 5 heteroatoms. The molecular weight excluding hydrogens is 350 g/mol. The van der Waals surface area contributed by atoms with Crippen LogP contribution in [0.25, 0.3) is 0 Å². The summed E-state index contributed by atoms with van der Waals surface area (Å²) in [6.45, 7) is 4.62. The Balaban J connectivity index is 1.48. The van der Waals surface area contributed by atoms with Gasteiger partial charge in [-0.3, -0.25) is 9.59 Å². The Morgan fingerprint density at radius 2 is 1.71 bits per heavy atom. The van der Waals surface area contributed by atoms with Gasteiger partial charge in [-0.25, -0.2) is 0 Å². The Hall–Kier alpha value is -2.82. The summed E-state index contributed by atoms with van der Waals surface area (Å²) in [6.07, 6.45) is 5.31. The van der Waals surface area contributed by atoms with Gasteiger partial charge in [0.15, 0.2) is 0 Å². The molecule has 1 saturated carbocycles. The number of rotatable bonds is 7. The second-order valence-electron chi connectivity index (χ2n) is 7.66. The average Bonchev–Trinajstić information content (AvgIpc) is 3.21. The molecule has 3 N–H and O–H groups in total. The van der Waals surface area contributed by atoms with E-state index in [0.29, 0.717) is 11.3 Å². The molecule has 0 radical (unpaired) electrons. The Bertz CT molecular complexity index is 811. The van der Waals surface area contributed by atoms with Crippen LogP contribution in [0, 0.1) is 12.8 Å². The van der Waals surface area contributed by atoms with Gasteiger partial charge in [0.25, 0.3) is 5.91 Å². The highest BCUT2D eigenvalue weighted by atomic mass is 16.2. The van der Waals surface area contributed by atoms with E-state index in [4.69, 9.17) is 0 Å². The monoisotopic (exact) mass is 379 g/mol. The van der Waals surface area contributed by atoms with E-state index in [0.717, 1.165) is 23.7 Å². The van der Waals surface area contributed by atoms with Gasteiger partial charge < -0.3 is 16.0 Å². The number of hydrogen-bond donors (Lipinski definition) is 3. The molecule has 2 aromatic rings. The zero-order valence-corrected chi connectivity index (χ0v) is 16.6. The number of carbonyl (C=O) groups is 2. The molecule has 28 heavy (non-hydrogen) atoms. The van der Waals surface area contributed by atoms with E-state index in [2.05, 4.69) is 16.0 Å². The first-order valence-corrected chi connectivity index (χ1v) is 10.0. The summed E-state index contributed by atoms with van der Waals surface area (Å²) >= 11 is 0. The molecule has 148 valence electrons. The molecule has 2 amide bonds. The maximum atomic E-state index is 12.4. The van der Waals surface area contributed by atoms with Crippen molar-refractivity contribution in [2.75, 3.05) is 17.2 Å². The summed E-state index contributed by atoms with van der Waals surface area (Å²) in [6, 6.07) is 14.4. The van der Waals surface area contributed by atoms with Crippen LogP contribution >= 0.6 is 0 Å². The standard InChI is InChI=1S/C23H29N3O2/c1-16-6-5-9-19(14-16)23(28)25-17(2)22(27)26-21-12-10-20(11-13-21)24-15-18-7-3-4-8-18/h5-6,9-14,17-18,24H,3-4,7-8,15H2,1-2H3,(H,25,28)(H,26,27). The van der Waals surface area contributed by atoms with E-state index in [9.17, 15) is 9.59 Å². The lowest BCUT2D eigenvalue weighted by Crippen LogP contribution is -2.41. The minimum absolute atomic E-state index is 0.243. The topological polar surface area (TPSA) is 70.2 Å². The van der Waals surface area contributed by atoms with Gasteiger partial charge in [0, 0.05) is 23.5 Å². The summed E-state index contributed by atoms with van der Waals surface area (Å²) in [7, 11) is 0. The van der Waals surface area contributed by atoms with Gasteiger partial charge in [-0.2, -0.15) is 0 Å². The molecule has 0 aromatic heterocycles. The number of hydrogen-bond acceptors (Lipinski definition) is 3. The van der Waals surface area contributed by atoms with Gasteiger partial charge in [-0.15, -0.1) is 0 Å². The zero-order valence-electron chi connectivity index (χ0n) is 16.6. The van der Waals surface area contributed by atoms with Crippen LogP contribution in [0.1, 0.15) is 48.5 Å². The Morgan fingerprint density at radius 1 is 1.04 bits per heavy atom. The first kappa shape index (κ1) is 19.9. The molecule has 0 bridgehead atoms. The summed E-state index contributed by atoms with van der Waals surface area (Å²) in [5, 5.41) is 9.06. The maximum absolute atomic E-state index is 12.4. The van der Waals surface area contributed by atoms with E-state index < -0.39 is 6.04 Å². The maximum Gasteiger partial charge on any atom is 0.251 e. The molecule has 1 aliphatic rings. The van der Waals surface area contributed by atoms with Crippen molar-refractivity contribution >= 4 is 23.2 Å². The van der Waals surface area contributed by atoms with Crippen molar-refractivity contribution in [2.24, 2.45) is 5.92 Å². The van der Waals surface area contributed by atoms with Crippen LogP contribution in [0.2, 0.25) is 0 Å². The van der Waals surface area contributed by atoms with E-state index in [-0.39, 0.29) is 11.8 Å². The molecule has 1 fully saturated rings. The highest BCUT2D eigenvalue weighted by Crippen LogP contribution is 2.25. The van der Waals surface area contributed by atoms with Crippen molar-refractivity contribution in [3.05, 3.63) is 59.7 Å². The van der Waals surface area contributed by atoms with E-state index >= 15 is 0 Å². The average molecular weight is 380 g/mol. The molecule has 1 unspecified atom stereocenters. The molecule has 2 aromatic carbocycles. The van der Waals surface area contributed by atoms with Crippen molar-refractivity contribution in [3.63, 3.8) is 0 Å². The predicted octanol–water partition coefficient (Wildman–Crippen LogP) is 4.35. The summed E-state index contributed by atoms with van der Waals surface area (Å²) < 4.78 is 0. The van der Waals surface area contributed by atoms with E-state index in [1.54, 1.807) is 19.1 Å². The SMILES string of the molecule is Cc1cccc(C(=O)NC(C)C(=O)Nc2ccc(NCC3CCCC3)cc2)c1. The van der Waals surface area contributed by atoms with Crippen LogP contribution in [0.4, 0.5) is 11.4 Å². The lowest BCUT2D eigenvalue weighted by Gasteiger charge is -2.15. The third-order valence-electron chi connectivity index (χ3n) is 5.24. The summed E-state index contributed by atoms with van der Waals surface area (Å²) in [5.74, 6) is 0.280. The quantitative estimate of drug-likeness (QED) is 0.670. The molecule has 0 aliphatic heterocycles. The van der Waals surface area contributed by atoms with Crippen molar-refractivity contribution in [3.8, 4) is 0 Å². The molecule has 0 heterocycles. The van der Waals surface area contributed by atoms with Crippen LogP contribution in [-0.4, -0.2) is 24.4 Å². The molecule has 3 rings (SSSR count). The summed E-state index contributed by atoms with van der Waals surface area (Å²) in [4.78, 5) is 24.7. The normalized spacial score (nSPS) is 15.1. The second kappa shape index (κ2) is 9.40. The van der Waals surface area contributed by atoms with Gasteiger partial charge >= 0.3 is 0 Å². The zero-order chi connectivity index (χ0) is 19.9. The number of amides is 2. The largest absolute Gasteiger partial charge is 0.385 e. The molecule has 0 spiro atoms. The summed E-state index contributed by atoms with van der Waals surface area (Å²) in [5.41, 5.74) is 3.34. The highest BCUT2D eigenvalue weighted by Gasteiger charge is 2.17. The fraction of sp³-hybridized carbons (Fsp3) is 0.391. The minimum Gasteiger partial charge on any atom is -0.385 e. The van der Waals surface area contributed by atoms with E-state index in [1.807, 2.05) is 43.3 Å². The van der Waals surface area contributed by atoms with Crippen LogP contribution in [0.15, 0.2) is 48.5 Å². The minimum atomic E-state index is -0.631. The van der Waals surface area contributed by atoms with Gasteiger partial charge in [0.2, 0.25) is 5.91 Å². The fourth-order valence-corrected chi connectivity index (χ4v) is 3.53. The van der Waals surface area contributed by atoms with Crippen LogP contribution < -0.4 is 16.0 Å². The van der Waals surface area contributed by atoms with Gasteiger partial charge in [-0.1, -0.05) is 30.5 Å². The number of anilines is 2. The van der Waals surface area contributed by atoms with Crippen molar-refractivity contribution in [1.29, 1.82) is 0 Å². The van der Waals surface area contributed by atoms with Crippen LogP contribution in [0.5, 0.6) is 0 Å². The Kier molecular flexibility index (Phi) is 6.69. The highest BCUT2D eigenvalue weighted by molar-refractivity contribution is 6.01. The van der Waals surface area contributed by atoms with Gasteiger partial charge in [-0.05, 0) is 69.0 Å². The Labute approximate surface area is 166 Å². The molecule has 5 nitrogen and oxygen atoms in total. The fourth-order valence-electron chi connectivity index (χ4n) is 3.53. The predicted molar refractivity (Wildman–Crippen MR) is 114 cm³/mol. The number of nitrogens with one attached hydrogen (secondary N) is 3. The molecule has 1 atom stereocenters. The van der Waals surface area contributed by atoms with Crippen molar-refractivity contribution in [1.82, 2.24) is 5.32 Å². The first-order valence-electron chi connectivity index (χ1n) is 10.0.